The van der Waals surface area contributed by atoms with Crippen LogP contribution in [-0.4, -0.2) is 0 Å². The van der Waals surface area contributed by atoms with E-state index in [0.29, 0.717) is 5.92 Å². The summed E-state index contributed by atoms with van der Waals surface area (Å²) in [4.78, 5) is 0. The van der Waals surface area contributed by atoms with Gasteiger partial charge in [-0.05, 0) is 6.42 Å². The van der Waals surface area contributed by atoms with Crippen molar-refractivity contribution in [2.45, 2.75) is 33.1 Å². The van der Waals surface area contributed by atoms with E-state index in [2.05, 4.69) is 24.7 Å². The summed E-state index contributed by atoms with van der Waals surface area (Å²) in [6.07, 6.45) is 8.08. The van der Waals surface area contributed by atoms with E-state index in [-0.39, 0.29) is 0 Å². The Morgan fingerprint density at radius 3 is 2.40 bits per heavy atom. The molecule has 0 aromatic carbocycles. The highest BCUT2D eigenvalue weighted by Gasteiger charge is 1.96. The molecular weight excluding hydrogens is 120 g/mol. The highest BCUT2D eigenvalue weighted by atomic mass is 14.0. The van der Waals surface area contributed by atoms with Crippen molar-refractivity contribution in [1.82, 2.24) is 0 Å². The molecule has 0 aliphatic heterocycles. The fraction of sp³-hybridized carbons (Fsp3) is 0.600. The van der Waals surface area contributed by atoms with Crippen molar-refractivity contribution in [3.05, 3.63) is 0 Å². The molecule has 0 nitrogen and oxygen atoms in total. The molecule has 1 atom stereocenters. The summed E-state index contributed by atoms with van der Waals surface area (Å²) in [7, 11) is 0. The zero-order chi connectivity index (χ0) is 7.82. The first kappa shape index (κ1) is 9.12. The Morgan fingerprint density at radius 2 is 2.00 bits per heavy atom. The predicted octanol–water partition coefficient (Wildman–Crippen LogP) is 2.45. The van der Waals surface area contributed by atoms with Crippen molar-refractivity contribution in [2.24, 2.45) is 5.92 Å². The zero-order valence-electron chi connectivity index (χ0n) is 6.78. The molecule has 0 rings (SSSR count). The molecule has 0 amide bonds. The Bertz CT molecular complexity index is 161. The predicted molar refractivity (Wildman–Crippen MR) is 45.3 cm³/mol. The van der Waals surface area contributed by atoms with Crippen molar-refractivity contribution in [3.63, 3.8) is 0 Å². The molecule has 0 aliphatic rings. The molecule has 0 fully saturated rings. The Hall–Kier alpha value is -0.880. The lowest BCUT2D eigenvalue weighted by atomic mass is 10.0. The molecule has 0 spiro atoms. The topological polar surface area (TPSA) is 0 Å². The van der Waals surface area contributed by atoms with Crippen LogP contribution in [0.25, 0.3) is 0 Å². The summed E-state index contributed by atoms with van der Waals surface area (Å²) >= 11 is 0. The van der Waals surface area contributed by atoms with Gasteiger partial charge in [-0.15, -0.1) is 24.2 Å². The van der Waals surface area contributed by atoms with Gasteiger partial charge in [0.2, 0.25) is 0 Å². The van der Waals surface area contributed by atoms with E-state index in [9.17, 15) is 0 Å². The van der Waals surface area contributed by atoms with E-state index >= 15 is 0 Å². The maximum Gasteiger partial charge on any atom is 0.0307 e. The van der Waals surface area contributed by atoms with Gasteiger partial charge in [-0.3, -0.25) is 0 Å². The second kappa shape index (κ2) is 6.24. The first-order valence-corrected chi connectivity index (χ1v) is 3.77. The van der Waals surface area contributed by atoms with Gasteiger partial charge < -0.3 is 0 Å². The summed E-state index contributed by atoms with van der Waals surface area (Å²) in [5.74, 6) is 9.11. The maximum absolute atomic E-state index is 5.25. The van der Waals surface area contributed by atoms with Crippen LogP contribution >= 0.6 is 0 Å². The molecule has 0 saturated heterocycles. The highest BCUT2D eigenvalue weighted by molar-refractivity contribution is 5.04. The minimum atomic E-state index is 0.360. The summed E-state index contributed by atoms with van der Waals surface area (Å²) in [5, 5.41) is 0. The Balaban J connectivity index is 3.56. The van der Waals surface area contributed by atoms with Gasteiger partial charge in [-0.2, -0.15) is 0 Å². The lowest BCUT2D eigenvalue weighted by Crippen LogP contribution is -1.91. The van der Waals surface area contributed by atoms with Crippen LogP contribution in [0.15, 0.2) is 0 Å². The lowest BCUT2D eigenvalue weighted by molar-refractivity contribution is 0.672. The molecule has 0 bridgehead atoms. The molecule has 0 radical (unpaired) electrons. The van der Waals surface area contributed by atoms with Crippen LogP contribution in [0.2, 0.25) is 0 Å². The van der Waals surface area contributed by atoms with Crippen LogP contribution in [0.4, 0.5) is 0 Å². The molecule has 0 saturated carbocycles. The van der Waals surface area contributed by atoms with E-state index in [1.165, 1.54) is 0 Å². The van der Waals surface area contributed by atoms with E-state index < -0.39 is 0 Å². The average molecular weight is 134 g/mol. The maximum atomic E-state index is 5.25. The Kier molecular flexibility index (Phi) is 5.69. The molecule has 10 heavy (non-hydrogen) atoms. The molecule has 0 aromatic heterocycles. The van der Waals surface area contributed by atoms with Crippen molar-refractivity contribution in [1.29, 1.82) is 0 Å². The summed E-state index contributed by atoms with van der Waals surface area (Å²) in [5.41, 5.74) is 0. The number of hydrogen-bond donors (Lipinski definition) is 0. The number of terminal acetylenes is 1. The summed E-state index contributed by atoms with van der Waals surface area (Å²) in [6, 6.07) is 0. The van der Waals surface area contributed by atoms with Crippen LogP contribution in [0.5, 0.6) is 0 Å². The molecule has 54 valence electrons. The van der Waals surface area contributed by atoms with E-state index in [4.69, 9.17) is 6.42 Å². The van der Waals surface area contributed by atoms with Gasteiger partial charge in [-0.1, -0.05) is 13.8 Å². The molecule has 0 aromatic rings. The van der Waals surface area contributed by atoms with Crippen LogP contribution in [-0.2, 0) is 0 Å². The molecule has 0 aliphatic carbocycles. The molecular formula is C10H14. The fourth-order valence-electron chi connectivity index (χ4n) is 0.641. The number of rotatable bonds is 2. The third-order valence-electron chi connectivity index (χ3n) is 1.38. The normalized spacial score (nSPS) is 10.9. The average Bonchev–Trinajstić information content (AvgIpc) is 1.99. The van der Waals surface area contributed by atoms with Crippen molar-refractivity contribution < 1.29 is 0 Å². The van der Waals surface area contributed by atoms with Gasteiger partial charge >= 0.3 is 0 Å². The van der Waals surface area contributed by atoms with Gasteiger partial charge in [0.1, 0.15) is 0 Å². The summed E-state index contributed by atoms with van der Waals surface area (Å²) in [6.45, 7) is 4.14. The molecule has 0 heteroatoms. The van der Waals surface area contributed by atoms with Crippen molar-refractivity contribution in [3.8, 4) is 24.2 Å². The lowest BCUT2D eigenvalue weighted by Gasteiger charge is -1.98. The van der Waals surface area contributed by atoms with E-state index in [1.807, 2.05) is 6.92 Å². The SMILES string of the molecule is C#CC(CC)CC#CCC. The molecule has 1 unspecified atom stereocenters. The highest BCUT2D eigenvalue weighted by Crippen LogP contribution is 2.03. The number of hydrogen-bond acceptors (Lipinski definition) is 0. The van der Waals surface area contributed by atoms with E-state index in [0.717, 1.165) is 19.3 Å². The smallest absolute Gasteiger partial charge is 0.0307 e. The van der Waals surface area contributed by atoms with Crippen molar-refractivity contribution >= 4 is 0 Å². The second-order valence-corrected chi connectivity index (χ2v) is 2.18. The quantitative estimate of drug-likeness (QED) is 0.509. The van der Waals surface area contributed by atoms with Gasteiger partial charge in [0, 0.05) is 18.8 Å². The van der Waals surface area contributed by atoms with Crippen LogP contribution in [0.1, 0.15) is 33.1 Å². The fourth-order valence-corrected chi connectivity index (χ4v) is 0.641. The Labute approximate surface area is 64.0 Å². The van der Waals surface area contributed by atoms with Crippen LogP contribution in [0.3, 0.4) is 0 Å². The van der Waals surface area contributed by atoms with Gasteiger partial charge in [-0.25, -0.2) is 0 Å². The Morgan fingerprint density at radius 1 is 1.30 bits per heavy atom. The monoisotopic (exact) mass is 134 g/mol. The first-order chi connectivity index (χ1) is 4.85. The third kappa shape index (κ3) is 4.04. The second-order valence-electron chi connectivity index (χ2n) is 2.18. The standard InChI is InChI=1S/C10H14/c1-4-7-8-9-10(5-2)6-3/h2,10H,4,6,9H2,1,3H3. The third-order valence-corrected chi connectivity index (χ3v) is 1.38. The molecule has 0 N–H and O–H groups in total. The van der Waals surface area contributed by atoms with Crippen LogP contribution < -0.4 is 0 Å². The van der Waals surface area contributed by atoms with E-state index in [1.54, 1.807) is 0 Å². The molecule has 0 heterocycles. The largest absolute Gasteiger partial charge is 0.120 e. The summed E-state index contributed by atoms with van der Waals surface area (Å²) < 4.78 is 0. The first-order valence-electron chi connectivity index (χ1n) is 3.77. The van der Waals surface area contributed by atoms with Gasteiger partial charge in [0.25, 0.3) is 0 Å². The van der Waals surface area contributed by atoms with Gasteiger partial charge in [0.05, 0.1) is 0 Å². The van der Waals surface area contributed by atoms with Gasteiger partial charge in [0.15, 0.2) is 0 Å². The van der Waals surface area contributed by atoms with Crippen LogP contribution in [0, 0.1) is 30.1 Å². The minimum Gasteiger partial charge on any atom is -0.120 e. The zero-order valence-corrected chi connectivity index (χ0v) is 6.78. The minimum absolute atomic E-state index is 0.360. The van der Waals surface area contributed by atoms with Crippen molar-refractivity contribution in [2.75, 3.05) is 0 Å².